The van der Waals surface area contributed by atoms with Crippen LogP contribution in [0.25, 0.3) is 11.0 Å². The Morgan fingerprint density at radius 2 is 1.80 bits per heavy atom. The van der Waals surface area contributed by atoms with Crippen LogP contribution in [0.5, 0.6) is 11.5 Å². The van der Waals surface area contributed by atoms with E-state index in [1.54, 1.807) is 30.6 Å². The summed E-state index contributed by atoms with van der Waals surface area (Å²) in [4.78, 5) is 35.2. The lowest BCUT2D eigenvalue weighted by Crippen LogP contribution is -2.45. The fraction of sp³-hybridized carbons (Fsp3) is 0.387. The summed E-state index contributed by atoms with van der Waals surface area (Å²) in [6.45, 7) is 3.19. The molecule has 41 heavy (non-hydrogen) atoms. The van der Waals surface area contributed by atoms with Gasteiger partial charge in [0.2, 0.25) is 0 Å². The highest BCUT2D eigenvalue weighted by Gasteiger charge is 2.37. The standard InChI is InChI=1S/C31H34N6O4/c38-29(23-9-10-26-27(20-23)34-35-33-26)36-15-4-3-11-31(22-41-24-6-5-14-32-21-24)12-16-37(17-13-31)30(39)25-7-1-2-8-28(25)40-19-18-36/h1-2,5-10,14,20-21H,3-4,11-13,15-19,22H2,(H,33,34,35). The summed E-state index contributed by atoms with van der Waals surface area (Å²) in [5.74, 6) is 1.20. The summed E-state index contributed by atoms with van der Waals surface area (Å²) in [6.07, 6.45) is 7.92. The highest BCUT2D eigenvalue weighted by molar-refractivity contribution is 5.97. The minimum Gasteiger partial charge on any atom is -0.491 e. The molecule has 0 radical (unpaired) electrons. The van der Waals surface area contributed by atoms with E-state index in [-0.39, 0.29) is 23.8 Å². The average Bonchev–Trinajstić information content (AvgIpc) is 3.49. The second-order valence-electron chi connectivity index (χ2n) is 10.9. The molecule has 0 spiro atoms. The number of H-pyrrole nitrogens is 1. The number of rotatable bonds is 4. The van der Waals surface area contributed by atoms with Crippen LogP contribution in [0.2, 0.25) is 0 Å². The summed E-state index contributed by atoms with van der Waals surface area (Å²) < 4.78 is 12.3. The number of aromatic nitrogens is 4. The second-order valence-corrected chi connectivity index (χ2v) is 10.9. The molecular formula is C31H34N6O4. The number of carbonyl (C=O) groups is 2. The number of hydrogen-bond donors (Lipinski definition) is 1. The van der Waals surface area contributed by atoms with Crippen molar-refractivity contribution in [3.8, 4) is 11.5 Å². The Labute approximate surface area is 238 Å². The van der Waals surface area contributed by atoms with Gasteiger partial charge in [-0.1, -0.05) is 18.6 Å². The number of nitrogens with zero attached hydrogens (tertiary/aromatic N) is 5. The molecule has 0 saturated carbocycles. The van der Waals surface area contributed by atoms with Gasteiger partial charge >= 0.3 is 0 Å². The molecule has 0 atom stereocenters. The molecule has 212 valence electrons. The maximum Gasteiger partial charge on any atom is 0.257 e. The number of amides is 2. The summed E-state index contributed by atoms with van der Waals surface area (Å²) in [5, 5.41) is 10.8. The number of ether oxygens (including phenoxy) is 2. The van der Waals surface area contributed by atoms with Crippen molar-refractivity contribution < 1.29 is 19.1 Å². The van der Waals surface area contributed by atoms with E-state index >= 15 is 0 Å². The minimum atomic E-state index is -0.0751. The molecule has 10 nitrogen and oxygen atoms in total. The number of carbonyl (C=O) groups excluding carboxylic acids is 2. The van der Waals surface area contributed by atoms with Gasteiger partial charge in [-0.15, -0.1) is 0 Å². The second kappa shape index (κ2) is 12.0. The van der Waals surface area contributed by atoms with Gasteiger partial charge in [0.05, 0.1) is 24.9 Å². The molecule has 10 heteroatoms. The summed E-state index contributed by atoms with van der Waals surface area (Å²) >= 11 is 0. The molecule has 5 heterocycles. The Kier molecular flexibility index (Phi) is 7.80. The number of fused-ring (bicyclic) bond motifs is 10. The molecule has 1 saturated heterocycles. The summed E-state index contributed by atoms with van der Waals surface area (Å²) in [6, 6.07) is 16.5. The number of pyridine rings is 1. The molecule has 2 aromatic carbocycles. The van der Waals surface area contributed by atoms with E-state index in [1.807, 2.05) is 46.2 Å². The molecule has 0 aliphatic carbocycles. The first kappa shape index (κ1) is 26.7. The topological polar surface area (TPSA) is 114 Å². The molecule has 2 bridgehead atoms. The zero-order chi connectivity index (χ0) is 28.1. The van der Waals surface area contributed by atoms with Gasteiger partial charge in [0.25, 0.3) is 11.8 Å². The third kappa shape index (κ3) is 6.01. The van der Waals surface area contributed by atoms with Crippen LogP contribution in [-0.4, -0.2) is 81.4 Å². The van der Waals surface area contributed by atoms with Crippen molar-refractivity contribution in [1.29, 1.82) is 0 Å². The van der Waals surface area contributed by atoms with Crippen molar-refractivity contribution in [1.82, 2.24) is 30.2 Å². The first-order valence-corrected chi connectivity index (χ1v) is 14.2. The minimum absolute atomic E-state index is 0.0221. The monoisotopic (exact) mass is 554 g/mol. The fourth-order valence-electron chi connectivity index (χ4n) is 5.80. The number of piperidine rings is 1. The van der Waals surface area contributed by atoms with Crippen LogP contribution < -0.4 is 9.47 Å². The lowest BCUT2D eigenvalue weighted by molar-refractivity contribution is 0.0358. The molecule has 2 amide bonds. The van der Waals surface area contributed by atoms with Crippen LogP contribution in [0.3, 0.4) is 0 Å². The maximum atomic E-state index is 13.6. The van der Waals surface area contributed by atoms with Crippen LogP contribution in [0.15, 0.2) is 67.0 Å². The maximum absolute atomic E-state index is 13.6. The molecule has 0 unspecified atom stereocenters. The number of benzene rings is 2. The van der Waals surface area contributed by atoms with Crippen molar-refractivity contribution in [3.63, 3.8) is 0 Å². The van der Waals surface area contributed by atoms with Gasteiger partial charge in [-0.25, -0.2) is 0 Å². The molecule has 3 aliphatic heterocycles. The Morgan fingerprint density at radius 3 is 2.66 bits per heavy atom. The number of nitrogens with one attached hydrogen (secondary N) is 1. The van der Waals surface area contributed by atoms with Gasteiger partial charge in [0, 0.05) is 36.8 Å². The van der Waals surface area contributed by atoms with Gasteiger partial charge < -0.3 is 19.3 Å². The Morgan fingerprint density at radius 1 is 0.951 bits per heavy atom. The molecular weight excluding hydrogens is 520 g/mol. The van der Waals surface area contributed by atoms with E-state index in [2.05, 4.69) is 20.4 Å². The first-order chi connectivity index (χ1) is 20.1. The van der Waals surface area contributed by atoms with Gasteiger partial charge in [-0.05, 0) is 68.1 Å². The van der Waals surface area contributed by atoms with Crippen molar-refractivity contribution in [2.75, 3.05) is 39.4 Å². The first-order valence-electron chi connectivity index (χ1n) is 14.2. The van der Waals surface area contributed by atoms with Crippen LogP contribution in [0, 0.1) is 5.41 Å². The fourth-order valence-corrected chi connectivity index (χ4v) is 5.80. The van der Waals surface area contributed by atoms with Crippen molar-refractivity contribution >= 4 is 22.8 Å². The number of para-hydroxylation sites is 1. The smallest absolute Gasteiger partial charge is 0.257 e. The van der Waals surface area contributed by atoms with Gasteiger partial charge in [-0.2, -0.15) is 15.4 Å². The van der Waals surface area contributed by atoms with Crippen molar-refractivity contribution in [2.24, 2.45) is 5.41 Å². The Hall–Kier alpha value is -4.47. The SMILES string of the molecule is O=C(c1ccc2n[nH]nc2c1)N1CCCCC2(COc3cccnc3)CCN(CC2)C(=O)c2ccccc2OCC1. The molecule has 1 fully saturated rings. The largest absolute Gasteiger partial charge is 0.491 e. The summed E-state index contributed by atoms with van der Waals surface area (Å²) in [7, 11) is 0. The number of hydrogen-bond acceptors (Lipinski definition) is 7. The van der Waals surface area contributed by atoms with E-state index in [0.717, 1.165) is 37.9 Å². The van der Waals surface area contributed by atoms with Crippen molar-refractivity contribution in [3.05, 3.63) is 78.1 Å². The quantitative estimate of drug-likeness (QED) is 0.399. The van der Waals surface area contributed by atoms with E-state index in [9.17, 15) is 9.59 Å². The lowest BCUT2D eigenvalue weighted by atomic mass is 9.75. The summed E-state index contributed by atoms with van der Waals surface area (Å²) in [5.41, 5.74) is 2.42. The molecule has 4 aromatic rings. The van der Waals surface area contributed by atoms with Crippen molar-refractivity contribution in [2.45, 2.75) is 32.1 Å². The van der Waals surface area contributed by atoms with Crippen LogP contribution in [0.1, 0.15) is 52.8 Å². The molecule has 1 N–H and O–H groups in total. The van der Waals surface area contributed by atoms with Crippen LogP contribution in [0.4, 0.5) is 0 Å². The third-order valence-corrected chi connectivity index (χ3v) is 8.26. The lowest BCUT2D eigenvalue weighted by Gasteiger charge is -2.42. The highest BCUT2D eigenvalue weighted by atomic mass is 16.5. The van der Waals surface area contributed by atoms with Crippen LogP contribution >= 0.6 is 0 Å². The zero-order valence-corrected chi connectivity index (χ0v) is 23.0. The molecule has 2 aromatic heterocycles. The van der Waals surface area contributed by atoms with Gasteiger partial charge in [-0.3, -0.25) is 14.6 Å². The van der Waals surface area contributed by atoms with E-state index in [4.69, 9.17) is 9.47 Å². The normalized spacial score (nSPS) is 17.8. The molecule has 7 rings (SSSR count). The Balaban J connectivity index is 1.24. The van der Waals surface area contributed by atoms with E-state index in [0.29, 0.717) is 60.7 Å². The molecule has 3 aliphatic rings. The Bertz CT molecular complexity index is 1500. The van der Waals surface area contributed by atoms with Gasteiger partial charge in [0.15, 0.2) is 0 Å². The van der Waals surface area contributed by atoms with Crippen LogP contribution in [-0.2, 0) is 0 Å². The van der Waals surface area contributed by atoms with Gasteiger partial charge in [0.1, 0.15) is 29.1 Å². The highest BCUT2D eigenvalue weighted by Crippen LogP contribution is 2.38. The number of aromatic amines is 1. The zero-order valence-electron chi connectivity index (χ0n) is 23.0. The average molecular weight is 555 g/mol. The predicted molar refractivity (Wildman–Crippen MR) is 153 cm³/mol. The van der Waals surface area contributed by atoms with E-state index < -0.39 is 0 Å². The van der Waals surface area contributed by atoms with E-state index in [1.165, 1.54) is 0 Å². The predicted octanol–water partition coefficient (Wildman–Crippen LogP) is 4.36. The third-order valence-electron chi connectivity index (χ3n) is 8.26.